The Morgan fingerprint density at radius 1 is 0.879 bits per heavy atom. The van der Waals surface area contributed by atoms with Crippen LogP contribution in [0.15, 0.2) is 84.0 Å². The van der Waals surface area contributed by atoms with Crippen LogP contribution >= 0.6 is 0 Å². The van der Waals surface area contributed by atoms with Crippen LogP contribution in [0.3, 0.4) is 0 Å². The molecule has 4 rings (SSSR count). The lowest BCUT2D eigenvalue weighted by atomic mass is 9.99. The summed E-state index contributed by atoms with van der Waals surface area (Å²) in [5.74, 6) is 0. The lowest BCUT2D eigenvalue weighted by molar-refractivity contribution is -0.143. The lowest BCUT2D eigenvalue weighted by Crippen LogP contribution is -2.17. The van der Waals surface area contributed by atoms with Crippen molar-refractivity contribution in [2.24, 2.45) is 0 Å². The lowest BCUT2D eigenvalue weighted by Gasteiger charge is -2.13. The second-order valence-electron chi connectivity index (χ2n) is 7.56. The van der Waals surface area contributed by atoms with Crippen molar-refractivity contribution in [1.29, 1.82) is 0 Å². The Balaban J connectivity index is 1.89. The number of aromatic nitrogens is 3. The van der Waals surface area contributed by atoms with Gasteiger partial charge in [0.1, 0.15) is 5.69 Å². The summed E-state index contributed by atoms with van der Waals surface area (Å²) in [6.07, 6.45) is -0.287. The van der Waals surface area contributed by atoms with E-state index in [1.54, 1.807) is 12.1 Å². The molecule has 4 aromatic rings. The standard InChI is InChI=1S/C24H20F3N3O2S/c1-33(31,32)20-9-7-18(8-10-20)21-22(19-11-14-28-15-12-19)29-30(23(21)24(25,26)27)16-13-17-5-3-2-4-6-17/h2-12,14-15H,13,16H2,1H3. The van der Waals surface area contributed by atoms with Crippen LogP contribution in [0, 0.1) is 0 Å². The molecule has 0 saturated heterocycles. The largest absolute Gasteiger partial charge is 0.433 e. The number of rotatable bonds is 6. The molecule has 0 N–H and O–H groups in total. The van der Waals surface area contributed by atoms with Crippen molar-refractivity contribution < 1.29 is 21.6 Å². The maximum Gasteiger partial charge on any atom is 0.433 e. The average Bonchev–Trinajstić information content (AvgIpc) is 3.19. The van der Waals surface area contributed by atoms with Crippen molar-refractivity contribution in [2.45, 2.75) is 24.0 Å². The van der Waals surface area contributed by atoms with E-state index in [0.29, 0.717) is 12.0 Å². The third-order valence-corrected chi connectivity index (χ3v) is 6.33. The Morgan fingerprint density at radius 2 is 1.52 bits per heavy atom. The van der Waals surface area contributed by atoms with Crippen LogP contribution in [0.5, 0.6) is 0 Å². The van der Waals surface area contributed by atoms with Crippen LogP contribution < -0.4 is 0 Å². The van der Waals surface area contributed by atoms with Gasteiger partial charge in [-0.2, -0.15) is 18.3 Å². The van der Waals surface area contributed by atoms with Gasteiger partial charge in [-0.25, -0.2) is 8.42 Å². The molecule has 0 aliphatic carbocycles. The first-order valence-electron chi connectivity index (χ1n) is 10.1. The van der Waals surface area contributed by atoms with Crippen LogP contribution in [-0.2, 0) is 29.0 Å². The van der Waals surface area contributed by atoms with Crippen LogP contribution in [0.25, 0.3) is 22.4 Å². The molecule has 0 atom stereocenters. The second-order valence-corrected chi connectivity index (χ2v) is 9.58. The molecule has 2 heterocycles. The second kappa shape index (κ2) is 8.82. The molecular weight excluding hydrogens is 451 g/mol. The number of sulfone groups is 1. The summed E-state index contributed by atoms with van der Waals surface area (Å²) in [6.45, 7) is 0.0262. The van der Waals surface area contributed by atoms with Gasteiger partial charge in [-0.15, -0.1) is 0 Å². The van der Waals surface area contributed by atoms with E-state index in [9.17, 15) is 21.6 Å². The minimum Gasteiger partial charge on any atom is -0.265 e. The molecule has 0 saturated carbocycles. The van der Waals surface area contributed by atoms with Gasteiger partial charge in [0.05, 0.1) is 4.90 Å². The van der Waals surface area contributed by atoms with Gasteiger partial charge < -0.3 is 0 Å². The van der Waals surface area contributed by atoms with Crippen molar-refractivity contribution in [3.8, 4) is 22.4 Å². The molecule has 5 nitrogen and oxygen atoms in total. The highest BCUT2D eigenvalue weighted by Crippen LogP contribution is 2.42. The van der Waals surface area contributed by atoms with E-state index in [0.717, 1.165) is 16.5 Å². The minimum atomic E-state index is -4.68. The van der Waals surface area contributed by atoms with Gasteiger partial charge in [-0.05, 0) is 41.8 Å². The summed E-state index contributed by atoms with van der Waals surface area (Å²) in [6, 6.07) is 17.8. The molecule has 9 heteroatoms. The number of hydrogen-bond donors (Lipinski definition) is 0. The average molecular weight is 472 g/mol. The van der Waals surface area contributed by atoms with E-state index in [-0.39, 0.29) is 28.3 Å². The highest BCUT2D eigenvalue weighted by atomic mass is 32.2. The number of benzene rings is 2. The quantitative estimate of drug-likeness (QED) is 0.384. The normalized spacial score (nSPS) is 12.1. The fraction of sp³-hybridized carbons (Fsp3) is 0.167. The predicted octanol–water partition coefficient (Wildman–Crippen LogP) is 5.28. The molecule has 2 aromatic carbocycles. The zero-order valence-electron chi connectivity index (χ0n) is 17.6. The predicted molar refractivity (Wildman–Crippen MR) is 119 cm³/mol. The molecule has 0 radical (unpaired) electrons. The van der Waals surface area contributed by atoms with Crippen LogP contribution in [-0.4, -0.2) is 29.4 Å². The van der Waals surface area contributed by atoms with Gasteiger partial charge in [0.15, 0.2) is 15.5 Å². The molecule has 170 valence electrons. The summed E-state index contributed by atoms with van der Waals surface area (Å²) in [5, 5.41) is 4.36. The number of pyridine rings is 1. The molecular formula is C24H20F3N3O2S. The zero-order valence-corrected chi connectivity index (χ0v) is 18.4. The minimum absolute atomic E-state index is 0.0262. The first kappa shape index (κ1) is 22.7. The number of alkyl halides is 3. The highest BCUT2D eigenvalue weighted by molar-refractivity contribution is 7.90. The van der Waals surface area contributed by atoms with Gasteiger partial charge in [0.25, 0.3) is 0 Å². The smallest absolute Gasteiger partial charge is 0.265 e. The van der Waals surface area contributed by atoms with E-state index in [2.05, 4.69) is 10.1 Å². The molecule has 33 heavy (non-hydrogen) atoms. The fourth-order valence-corrected chi connectivity index (χ4v) is 4.28. The highest BCUT2D eigenvalue weighted by Gasteiger charge is 2.40. The van der Waals surface area contributed by atoms with Crippen molar-refractivity contribution in [3.05, 3.63) is 90.4 Å². The number of hydrogen-bond acceptors (Lipinski definition) is 4. The number of nitrogens with zero attached hydrogens (tertiary/aromatic N) is 3. The maximum atomic E-state index is 14.3. The number of halogens is 3. The summed E-state index contributed by atoms with van der Waals surface area (Å²) >= 11 is 0. The summed E-state index contributed by atoms with van der Waals surface area (Å²) < 4.78 is 67.7. The Hall–Kier alpha value is -3.46. The number of aryl methyl sites for hydroxylation is 2. The van der Waals surface area contributed by atoms with E-state index in [1.807, 2.05) is 30.3 Å². The molecule has 0 unspecified atom stereocenters. The molecule has 0 fully saturated rings. The fourth-order valence-electron chi connectivity index (χ4n) is 3.65. The third kappa shape index (κ3) is 4.98. The molecule has 2 aromatic heterocycles. The summed E-state index contributed by atoms with van der Waals surface area (Å²) in [5.41, 5.74) is 0.790. The van der Waals surface area contributed by atoms with Gasteiger partial charge in [-0.3, -0.25) is 9.67 Å². The Labute approximate surface area is 189 Å². The maximum absolute atomic E-state index is 14.3. The Morgan fingerprint density at radius 3 is 2.09 bits per heavy atom. The van der Waals surface area contributed by atoms with Crippen molar-refractivity contribution in [3.63, 3.8) is 0 Å². The summed E-state index contributed by atoms with van der Waals surface area (Å²) in [4.78, 5) is 3.97. The molecule has 0 bridgehead atoms. The summed E-state index contributed by atoms with van der Waals surface area (Å²) in [7, 11) is -3.49. The van der Waals surface area contributed by atoms with E-state index in [1.165, 1.54) is 36.7 Å². The monoisotopic (exact) mass is 471 g/mol. The van der Waals surface area contributed by atoms with Gasteiger partial charge in [-0.1, -0.05) is 42.5 Å². The van der Waals surface area contributed by atoms with Gasteiger partial charge in [0, 0.05) is 36.3 Å². The Bertz CT molecular complexity index is 1350. The first-order chi connectivity index (χ1) is 15.6. The van der Waals surface area contributed by atoms with Crippen LogP contribution in [0.4, 0.5) is 13.2 Å². The molecule has 0 aliphatic rings. The topological polar surface area (TPSA) is 64.8 Å². The first-order valence-corrected chi connectivity index (χ1v) is 12.0. The van der Waals surface area contributed by atoms with Gasteiger partial charge in [0.2, 0.25) is 0 Å². The van der Waals surface area contributed by atoms with E-state index < -0.39 is 21.7 Å². The van der Waals surface area contributed by atoms with Crippen LogP contribution in [0.2, 0.25) is 0 Å². The SMILES string of the molecule is CS(=O)(=O)c1ccc(-c2c(-c3ccncc3)nn(CCc3ccccc3)c2C(F)(F)F)cc1. The van der Waals surface area contributed by atoms with Crippen LogP contribution in [0.1, 0.15) is 11.3 Å². The van der Waals surface area contributed by atoms with Crippen molar-refractivity contribution in [2.75, 3.05) is 6.26 Å². The van der Waals surface area contributed by atoms with Crippen molar-refractivity contribution >= 4 is 9.84 Å². The van der Waals surface area contributed by atoms with E-state index >= 15 is 0 Å². The molecule has 0 spiro atoms. The Kier molecular flexibility index (Phi) is 6.07. The zero-order chi connectivity index (χ0) is 23.6. The molecule has 0 aliphatic heterocycles. The van der Waals surface area contributed by atoms with Gasteiger partial charge >= 0.3 is 6.18 Å². The van der Waals surface area contributed by atoms with E-state index in [4.69, 9.17) is 0 Å². The van der Waals surface area contributed by atoms with Crippen molar-refractivity contribution in [1.82, 2.24) is 14.8 Å². The molecule has 0 amide bonds. The third-order valence-electron chi connectivity index (χ3n) is 5.20.